The van der Waals surface area contributed by atoms with Crippen LogP contribution in [0.1, 0.15) is 44.4 Å². The van der Waals surface area contributed by atoms with Gasteiger partial charge in [0, 0.05) is 39.2 Å². The molecule has 4 aromatic rings. The van der Waals surface area contributed by atoms with Crippen molar-refractivity contribution in [3.05, 3.63) is 132 Å². The van der Waals surface area contributed by atoms with Crippen molar-refractivity contribution in [3.8, 4) is 0 Å². The number of rotatable bonds is 10. The van der Waals surface area contributed by atoms with Gasteiger partial charge in [-0.25, -0.2) is 4.79 Å². The molecule has 6 heteroatoms. The summed E-state index contributed by atoms with van der Waals surface area (Å²) >= 11 is 0. The Balaban J connectivity index is 1.17. The zero-order valence-corrected chi connectivity index (χ0v) is 26.7. The molecule has 1 aliphatic rings. The number of nitrogens with zero attached hydrogens (tertiary/aromatic N) is 2. The van der Waals surface area contributed by atoms with Gasteiger partial charge in [-0.1, -0.05) is 142 Å². The van der Waals surface area contributed by atoms with Crippen LogP contribution in [0, 0.1) is 0 Å². The summed E-state index contributed by atoms with van der Waals surface area (Å²) in [6.45, 7) is 10.6. The van der Waals surface area contributed by atoms with Crippen LogP contribution in [0.5, 0.6) is 0 Å². The lowest BCUT2D eigenvalue weighted by Crippen LogP contribution is -2.66. The molecule has 0 atom stereocenters. The monoisotopic (exact) mass is 592 g/mol. The fourth-order valence-electron chi connectivity index (χ4n) is 6.34. The van der Waals surface area contributed by atoms with Crippen molar-refractivity contribution in [2.24, 2.45) is 0 Å². The number of piperazine rings is 1. The van der Waals surface area contributed by atoms with Gasteiger partial charge in [-0.15, -0.1) is 0 Å². The Labute approximate surface area is 258 Å². The molecule has 4 aromatic carbocycles. The molecule has 0 unspecified atom stereocenters. The number of carbonyl (C=O) groups is 1. The minimum Gasteiger partial charge on any atom is -0.449 e. The average Bonchev–Trinajstić information content (AvgIpc) is 3.04. The quantitative estimate of drug-likeness (QED) is 0.156. The van der Waals surface area contributed by atoms with E-state index in [4.69, 9.17) is 9.16 Å². The van der Waals surface area contributed by atoms with Gasteiger partial charge in [0.2, 0.25) is 0 Å². The van der Waals surface area contributed by atoms with Crippen molar-refractivity contribution in [1.82, 2.24) is 9.80 Å². The Bertz CT molecular complexity index is 1330. The van der Waals surface area contributed by atoms with Gasteiger partial charge in [-0.2, -0.15) is 0 Å². The van der Waals surface area contributed by atoms with Gasteiger partial charge >= 0.3 is 6.09 Å². The first kappa shape index (κ1) is 30.7. The highest BCUT2D eigenvalue weighted by atomic mass is 28.4. The Morgan fingerprint density at radius 1 is 0.674 bits per heavy atom. The number of benzene rings is 4. The molecule has 0 saturated carbocycles. The van der Waals surface area contributed by atoms with Crippen LogP contribution in [-0.2, 0) is 9.16 Å². The van der Waals surface area contributed by atoms with Crippen LogP contribution in [0.3, 0.4) is 0 Å². The highest BCUT2D eigenvalue weighted by Crippen LogP contribution is 2.37. The second-order valence-electron chi connectivity index (χ2n) is 12.2. The Morgan fingerprint density at radius 3 is 1.56 bits per heavy atom. The molecule has 0 aliphatic carbocycles. The topological polar surface area (TPSA) is 42.0 Å². The first-order valence-electron chi connectivity index (χ1n) is 15.4. The van der Waals surface area contributed by atoms with E-state index in [0.29, 0.717) is 32.7 Å². The van der Waals surface area contributed by atoms with E-state index in [2.05, 4.69) is 147 Å². The second kappa shape index (κ2) is 14.2. The third kappa shape index (κ3) is 7.10. The number of ether oxygens (including phenoxy) is 1. The van der Waals surface area contributed by atoms with Crippen molar-refractivity contribution in [3.63, 3.8) is 0 Å². The highest BCUT2D eigenvalue weighted by molar-refractivity contribution is 6.99. The summed E-state index contributed by atoms with van der Waals surface area (Å²) in [4.78, 5) is 17.3. The number of hydrogen-bond donors (Lipinski definition) is 0. The van der Waals surface area contributed by atoms with Crippen molar-refractivity contribution in [2.75, 3.05) is 39.4 Å². The minimum atomic E-state index is -2.59. The molecule has 1 heterocycles. The molecule has 5 nitrogen and oxygen atoms in total. The van der Waals surface area contributed by atoms with Crippen LogP contribution < -0.4 is 10.4 Å². The Hall–Kier alpha value is -3.71. The van der Waals surface area contributed by atoms with E-state index < -0.39 is 8.32 Å². The minimum absolute atomic E-state index is 0.0799. The smallest absolute Gasteiger partial charge is 0.409 e. The summed E-state index contributed by atoms with van der Waals surface area (Å²) in [5.74, 6) is 0. The van der Waals surface area contributed by atoms with E-state index in [0.717, 1.165) is 13.1 Å². The Kier molecular flexibility index (Phi) is 10.1. The predicted molar refractivity (Wildman–Crippen MR) is 177 cm³/mol. The van der Waals surface area contributed by atoms with Crippen molar-refractivity contribution < 1.29 is 14.0 Å². The van der Waals surface area contributed by atoms with Crippen LogP contribution >= 0.6 is 0 Å². The molecule has 1 fully saturated rings. The summed E-state index contributed by atoms with van der Waals surface area (Å²) in [5.41, 5.74) is 2.54. The molecule has 1 saturated heterocycles. The molecule has 1 aliphatic heterocycles. The molecular weight excluding hydrogens is 549 g/mol. The van der Waals surface area contributed by atoms with Gasteiger partial charge in [0.1, 0.15) is 0 Å². The summed E-state index contributed by atoms with van der Waals surface area (Å²) < 4.78 is 12.7. The first-order valence-corrected chi connectivity index (χ1v) is 17.3. The molecule has 0 spiro atoms. The molecule has 5 rings (SSSR count). The largest absolute Gasteiger partial charge is 0.449 e. The molecule has 43 heavy (non-hydrogen) atoms. The summed E-state index contributed by atoms with van der Waals surface area (Å²) in [5, 5.41) is 2.43. The zero-order valence-electron chi connectivity index (χ0n) is 25.7. The normalized spacial score (nSPS) is 14.6. The van der Waals surface area contributed by atoms with Gasteiger partial charge in [-0.05, 0) is 26.5 Å². The van der Waals surface area contributed by atoms with Gasteiger partial charge in [-0.3, -0.25) is 4.90 Å². The van der Waals surface area contributed by atoms with Crippen molar-refractivity contribution in [1.29, 1.82) is 0 Å². The predicted octanol–water partition coefficient (Wildman–Crippen LogP) is 6.50. The van der Waals surface area contributed by atoms with Crippen LogP contribution in [0.25, 0.3) is 0 Å². The Morgan fingerprint density at radius 2 is 1.12 bits per heavy atom. The van der Waals surface area contributed by atoms with Crippen LogP contribution in [0.4, 0.5) is 4.79 Å². The zero-order chi connectivity index (χ0) is 30.1. The summed E-state index contributed by atoms with van der Waals surface area (Å²) in [6.07, 6.45) is 0.418. The summed E-state index contributed by atoms with van der Waals surface area (Å²) in [6, 6.07) is 42.7. The van der Waals surface area contributed by atoms with E-state index in [9.17, 15) is 4.79 Å². The molecular formula is C37H44N2O3Si. The van der Waals surface area contributed by atoms with Gasteiger partial charge in [0.05, 0.1) is 12.6 Å². The molecule has 224 valence electrons. The van der Waals surface area contributed by atoms with Gasteiger partial charge in [0.25, 0.3) is 8.32 Å². The lowest BCUT2D eigenvalue weighted by atomic mass is 9.96. The fraction of sp³-hybridized carbons (Fsp3) is 0.324. The number of hydrogen-bond acceptors (Lipinski definition) is 4. The van der Waals surface area contributed by atoms with Crippen LogP contribution in [-0.4, -0.2) is 63.6 Å². The lowest BCUT2D eigenvalue weighted by Gasteiger charge is -2.43. The van der Waals surface area contributed by atoms with E-state index in [1.807, 2.05) is 4.90 Å². The maximum atomic E-state index is 13.0. The van der Waals surface area contributed by atoms with Crippen molar-refractivity contribution in [2.45, 2.75) is 38.3 Å². The standard InChI is InChI=1S/C37H44N2O3Si/c1-37(2,3)43(33-21-12-6-13-22-33,34-23-14-7-15-24-34)42-30-16-29-41-36(40)39-27-25-38(26-28-39)35(31-17-8-4-9-18-31)32-19-10-5-11-20-32/h4-15,17-24,35H,16,25-30H2,1-3H3. The summed E-state index contributed by atoms with van der Waals surface area (Å²) in [7, 11) is -2.59. The van der Waals surface area contributed by atoms with E-state index >= 15 is 0 Å². The molecule has 0 bridgehead atoms. The van der Waals surface area contributed by atoms with E-state index in [-0.39, 0.29) is 17.2 Å². The van der Waals surface area contributed by atoms with Crippen molar-refractivity contribution >= 4 is 24.8 Å². The van der Waals surface area contributed by atoms with Gasteiger partial charge in [0.15, 0.2) is 0 Å². The van der Waals surface area contributed by atoms with E-state index in [1.54, 1.807) is 0 Å². The van der Waals surface area contributed by atoms with Crippen LogP contribution in [0.15, 0.2) is 121 Å². The SMILES string of the molecule is CC(C)(C)[Si](OCCCOC(=O)N1CCN(C(c2ccccc2)c2ccccc2)CC1)(c1ccccc1)c1ccccc1. The molecule has 0 aromatic heterocycles. The fourth-order valence-corrected chi connectivity index (χ4v) is 10.9. The average molecular weight is 593 g/mol. The maximum absolute atomic E-state index is 13.0. The number of carbonyl (C=O) groups excluding carboxylic acids is 1. The highest BCUT2D eigenvalue weighted by Gasteiger charge is 2.50. The lowest BCUT2D eigenvalue weighted by molar-refractivity contribution is 0.0656. The first-order chi connectivity index (χ1) is 20.9. The maximum Gasteiger partial charge on any atom is 0.409 e. The molecule has 1 amide bonds. The molecule has 0 N–H and O–H groups in total. The molecule has 0 radical (unpaired) electrons. The van der Waals surface area contributed by atoms with Gasteiger partial charge < -0.3 is 14.1 Å². The van der Waals surface area contributed by atoms with E-state index in [1.165, 1.54) is 21.5 Å². The van der Waals surface area contributed by atoms with Crippen LogP contribution in [0.2, 0.25) is 5.04 Å². The number of amides is 1. The third-order valence-electron chi connectivity index (χ3n) is 8.42. The second-order valence-corrected chi connectivity index (χ2v) is 16.5. The third-order valence-corrected chi connectivity index (χ3v) is 13.5.